The summed E-state index contributed by atoms with van der Waals surface area (Å²) in [5, 5.41) is 40.1. The van der Waals surface area contributed by atoms with Crippen LogP contribution in [0.3, 0.4) is 0 Å². The van der Waals surface area contributed by atoms with Crippen LogP contribution in [0.2, 0.25) is 68.2 Å². The Morgan fingerprint density at radius 1 is 0.256 bits per heavy atom. The van der Waals surface area contributed by atoms with Crippen LogP contribution in [0.25, 0.3) is 0 Å². The first-order valence-electron chi connectivity index (χ1n) is 41.6. The largest absolute Gasteiger partial charge is 2.00 e. The zero-order chi connectivity index (χ0) is 82.0. The third-order valence-electron chi connectivity index (χ3n) is 22.4. The van der Waals surface area contributed by atoms with Gasteiger partial charge >= 0.3 is 102 Å². The Hall–Kier alpha value is -6.44. The summed E-state index contributed by atoms with van der Waals surface area (Å²) < 4.78 is 12.4. The number of benzene rings is 5. The van der Waals surface area contributed by atoms with Gasteiger partial charge in [0.15, 0.2) is 0 Å². The smallest absolute Gasteiger partial charge is 0.578 e. The molecule has 0 bridgehead atoms. The minimum absolute atomic E-state index is 0. The first-order valence-corrected chi connectivity index (χ1v) is 41.6. The molecule has 0 atom stereocenters. The van der Waals surface area contributed by atoms with Crippen molar-refractivity contribution in [3.05, 3.63) is 217 Å². The number of hydrogen-bond donors (Lipinski definition) is 0. The molecule has 5 saturated heterocycles. The molecule has 0 unspecified atom stereocenters. The molecular weight excluding hydrogens is 1970 g/mol. The minimum Gasteiger partial charge on any atom is -0.578 e. The maximum Gasteiger partial charge on any atom is 2.00 e. The third-order valence-corrected chi connectivity index (χ3v) is 22.4. The van der Waals surface area contributed by atoms with Gasteiger partial charge in [0.1, 0.15) is 0 Å². The third kappa shape index (κ3) is 26.6. The van der Waals surface area contributed by atoms with Gasteiger partial charge in [-0.15, -0.1) is 0 Å². The fraction of sp³-hybridized carbons (Fsp3) is 0.408. The van der Waals surface area contributed by atoms with E-state index in [2.05, 4.69) is 412 Å². The topological polar surface area (TPSA) is 248 Å². The van der Waals surface area contributed by atoms with Crippen molar-refractivity contribution in [2.45, 2.75) is 180 Å². The average Bonchev–Trinajstić information content (AvgIpc) is 1.79. The average molecular weight is 2090 g/mol. The van der Waals surface area contributed by atoms with Gasteiger partial charge in [-0.3, -0.25) is 25.5 Å². The molecule has 5 aliphatic heterocycles. The van der Waals surface area contributed by atoms with Crippen LogP contribution in [0.1, 0.15) is 106 Å². The predicted molar refractivity (Wildman–Crippen MR) is 484 cm³/mol. The summed E-state index contributed by atoms with van der Waals surface area (Å²) in [4.78, 5) is 43.2. The molecule has 0 N–H and O–H groups in total. The van der Waals surface area contributed by atoms with Crippen molar-refractivity contribution in [3.63, 3.8) is 0 Å². The summed E-state index contributed by atoms with van der Waals surface area (Å²) >= 11 is 0. The summed E-state index contributed by atoms with van der Waals surface area (Å²) in [6.45, 7) is 52.5. The Bertz CT molecular complexity index is 4280. The van der Waals surface area contributed by atoms with Gasteiger partial charge in [-0.1, -0.05) is 239 Å². The molecule has 0 aliphatic carbocycles. The van der Waals surface area contributed by atoms with Crippen LogP contribution in [0.4, 0.5) is 58.2 Å². The van der Waals surface area contributed by atoms with E-state index in [4.69, 9.17) is 0 Å². The van der Waals surface area contributed by atoms with Crippen LogP contribution in [-0.2, 0) is 102 Å². The standard InChI is InChI=1S/C17H26B2N6.C16H24B2N6.C15H22B2N6.2C14H20B2N6.5Pd/c1-4-5-6-10-13-25-18(2)23(16-11-8-7-9-12-16)15-24(19(25)3)17-20-14-21-22-17;1-4-5-9-12-24-17(2)22(15-10-7-6-8-11-15)14-23(18(24)3)16-19-13-20-21-16;1-4-5-11-23-16(2)21(14-9-7-6-8-10-14)13-22(17(23)3)15-18-12-19-20-15;1-12(2)22-15(3)20(13-8-6-5-7-9-13)11-21(16(22)4)14-17-10-18-19-14;1-4-10-22-15(2)20(13-8-6-5-7-9-13)12-21(16(22)3)14-17-11-18-19-14;;;;;/h7-9,11-12,14-15H,4-6,10,13H2,1-3H3;6-8,10-11,13-14H,4-5,9,12H2,1-3H3;6-10,12-13H,4-5,11H2,1-3H3;5-12H,1-4H3;5-9,11-12H,4,10H2,1-3H3;;;;;/q5*-2;5*+2. The Morgan fingerprint density at radius 3 is 0.694 bits per heavy atom. The minimum atomic E-state index is 0. The molecular formula is C76H112B10N30Pd5. The Balaban J connectivity index is 0.000000232. The van der Waals surface area contributed by atoms with Gasteiger partial charge < -0.3 is 96.6 Å². The maximum atomic E-state index is 4.31. The van der Waals surface area contributed by atoms with E-state index >= 15 is 0 Å². The predicted octanol–water partition coefficient (Wildman–Crippen LogP) is 11.5. The Labute approximate surface area is 793 Å². The summed E-state index contributed by atoms with van der Waals surface area (Å²) in [6, 6.07) is 52.5. The van der Waals surface area contributed by atoms with Crippen molar-refractivity contribution in [2.75, 3.05) is 74.3 Å². The van der Waals surface area contributed by atoms with Gasteiger partial charge in [-0.25, -0.2) is 58.8 Å². The number of para-hydroxylation sites is 5. The molecule has 45 heteroatoms. The van der Waals surface area contributed by atoms with Crippen LogP contribution in [-0.4, -0.2) is 176 Å². The second-order valence-corrected chi connectivity index (χ2v) is 30.1. The quantitative estimate of drug-likeness (QED) is 0.0293. The van der Waals surface area contributed by atoms with Gasteiger partial charge in [-0.2, -0.15) is 0 Å². The SMILES string of the molecule is CB1N(c2ccccc2)[CH-]N(c2ncn[n-]2)B(C)N1C(C)C.CCCCCCN1B(C)N(c2ccccc2)[CH-]N(c2ncn[n-]2)B1C.CCCCCN1B(C)N(c2ccccc2)[CH-]N(c2ncn[n-]2)B1C.CCCCN1B(C)N(c2ccccc2)[CH-]N(c2ncn[n-]2)B1C.CCCN1B(C)N(c2ccccc2)[CH-]N(c2ncn[n-]2)B1C.[Pd+2].[Pd+2].[Pd+2].[Pd+2].[Pd+2]. The summed E-state index contributed by atoms with van der Waals surface area (Å²) in [5.41, 5.74) is 5.81. The second-order valence-electron chi connectivity index (χ2n) is 30.1. The van der Waals surface area contributed by atoms with Crippen molar-refractivity contribution in [1.82, 2.24) is 99.5 Å². The molecule has 30 nitrogen and oxygen atoms in total. The van der Waals surface area contributed by atoms with Gasteiger partial charge in [0.2, 0.25) is 34.9 Å². The molecule has 0 saturated carbocycles. The molecule has 0 spiro atoms. The van der Waals surface area contributed by atoms with E-state index in [9.17, 15) is 0 Å². The van der Waals surface area contributed by atoms with Crippen LogP contribution in [0.15, 0.2) is 183 Å². The van der Waals surface area contributed by atoms with E-state index in [1.807, 2.05) is 30.3 Å². The molecule has 0 amide bonds. The maximum absolute atomic E-state index is 4.31. The van der Waals surface area contributed by atoms with Gasteiger partial charge in [0.05, 0.1) is 31.6 Å². The summed E-state index contributed by atoms with van der Waals surface area (Å²) in [7, 11) is 0. The van der Waals surface area contributed by atoms with Crippen molar-refractivity contribution >= 4 is 128 Å². The molecule has 5 fully saturated rings. The number of hydrogen-bond acceptors (Lipinski definition) is 25. The van der Waals surface area contributed by atoms with E-state index in [-0.39, 0.29) is 172 Å². The van der Waals surface area contributed by atoms with Crippen molar-refractivity contribution in [1.29, 1.82) is 0 Å². The number of unbranched alkanes of at least 4 members (excludes halogenated alkanes) is 6. The molecule has 10 aromatic rings. The second kappa shape index (κ2) is 52.5. The number of nitrogens with zero attached hydrogens (tertiary/aromatic N) is 30. The first-order chi connectivity index (χ1) is 56.5. The zero-order valence-corrected chi connectivity index (χ0v) is 80.2. The molecule has 0 radical (unpaired) electrons. The fourth-order valence-corrected chi connectivity index (χ4v) is 16.0. The molecule has 121 heavy (non-hydrogen) atoms. The van der Waals surface area contributed by atoms with Crippen LogP contribution >= 0.6 is 0 Å². The van der Waals surface area contributed by atoms with Crippen molar-refractivity contribution in [2.24, 2.45) is 0 Å². The zero-order valence-electron chi connectivity index (χ0n) is 72.5. The van der Waals surface area contributed by atoms with Crippen molar-refractivity contribution in [3.8, 4) is 0 Å². The molecule has 646 valence electrons. The first kappa shape index (κ1) is 103. The van der Waals surface area contributed by atoms with Gasteiger partial charge in [0.25, 0.3) is 34.9 Å². The Kier molecular flexibility index (Phi) is 44.8. The van der Waals surface area contributed by atoms with Crippen LogP contribution in [0, 0.1) is 33.3 Å². The monoisotopic (exact) mass is 2080 g/mol. The van der Waals surface area contributed by atoms with E-state index in [1.54, 1.807) is 0 Å². The number of anilines is 10. The van der Waals surface area contributed by atoms with Crippen molar-refractivity contribution < 1.29 is 102 Å². The molecule has 10 heterocycles. The molecule has 5 aliphatic rings. The van der Waals surface area contributed by atoms with E-state index in [1.165, 1.54) is 101 Å². The fourth-order valence-electron chi connectivity index (χ4n) is 16.0. The number of rotatable bonds is 25. The van der Waals surface area contributed by atoms with Gasteiger partial charge in [-0.05, 0) is 147 Å². The summed E-state index contributed by atoms with van der Waals surface area (Å²) in [5.74, 6) is 3.22. The van der Waals surface area contributed by atoms with Crippen LogP contribution < -0.4 is 73.6 Å². The van der Waals surface area contributed by atoms with E-state index < -0.39 is 0 Å². The number of aromatic nitrogens is 15. The molecule has 5 aromatic heterocycles. The normalized spacial score (nSPS) is 15.6. The van der Waals surface area contributed by atoms with E-state index in [0.717, 1.165) is 49.7 Å². The van der Waals surface area contributed by atoms with Crippen LogP contribution in [0.5, 0.6) is 0 Å². The van der Waals surface area contributed by atoms with E-state index in [0.29, 0.717) is 35.8 Å². The summed E-state index contributed by atoms with van der Waals surface area (Å²) in [6.07, 6.45) is 19.6. The molecule has 5 aromatic carbocycles. The molecule has 15 rings (SSSR count). The Morgan fingerprint density at radius 2 is 0.463 bits per heavy atom. The van der Waals surface area contributed by atoms with Gasteiger partial charge in [0, 0.05) is 29.7 Å².